The summed E-state index contributed by atoms with van der Waals surface area (Å²) in [5.74, 6) is 0.214. The zero-order valence-electron chi connectivity index (χ0n) is 10.8. The molecule has 2 aromatic heterocycles. The molecule has 0 spiro atoms. The number of rotatable bonds is 2. The molecule has 0 amide bonds. The van der Waals surface area contributed by atoms with Gasteiger partial charge in [0.1, 0.15) is 0 Å². The van der Waals surface area contributed by atoms with Crippen LogP contribution < -0.4 is 11.3 Å². The van der Waals surface area contributed by atoms with E-state index in [4.69, 9.17) is 5.73 Å². The van der Waals surface area contributed by atoms with Gasteiger partial charge < -0.3 is 5.73 Å². The van der Waals surface area contributed by atoms with Gasteiger partial charge in [0.25, 0.3) is 5.56 Å². The maximum absolute atomic E-state index is 11.9. The summed E-state index contributed by atoms with van der Waals surface area (Å²) < 4.78 is 0. The molecule has 6 heteroatoms. The second-order valence-corrected chi connectivity index (χ2v) is 5.86. The largest absolute Gasteiger partial charge is 0.369 e. The summed E-state index contributed by atoms with van der Waals surface area (Å²) in [6, 6.07) is 2.13. The molecule has 3 N–H and O–H groups in total. The first-order chi connectivity index (χ1) is 9.13. The number of nitrogens with zero attached hydrogens (tertiary/aromatic N) is 2. The summed E-state index contributed by atoms with van der Waals surface area (Å²) >= 11 is 1.77. The topological polar surface area (TPSA) is 75.0 Å². The third-order valence-corrected chi connectivity index (χ3v) is 4.51. The van der Waals surface area contributed by atoms with E-state index in [9.17, 15) is 4.79 Å². The van der Waals surface area contributed by atoms with Gasteiger partial charge in [0.15, 0.2) is 0 Å². The molecular weight excluding hydrogens is 260 g/mol. The fraction of sp³-hybridized carbons (Fsp3) is 0.385. The first kappa shape index (κ1) is 12.4. The van der Waals surface area contributed by atoms with Gasteiger partial charge in [0.05, 0.1) is 11.3 Å². The van der Waals surface area contributed by atoms with E-state index < -0.39 is 0 Å². The molecule has 0 unspecified atom stereocenters. The van der Waals surface area contributed by atoms with Crippen molar-refractivity contribution in [3.63, 3.8) is 0 Å². The lowest BCUT2D eigenvalue weighted by molar-refractivity contribution is 0.243. The van der Waals surface area contributed by atoms with E-state index in [-0.39, 0.29) is 11.5 Å². The van der Waals surface area contributed by atoms with Gasteiger partial charge in [-0.05, 0) is 23.9 Å². The Morgan fingerprint density at radius 3 is 3.16 bits per heavy atom. The van der Waals surface area contributed by atoms with Crippen molar-refractivity contribution >= 4 is 17.3 Å². The first-order valence-electron chi connectivity index (χ1n) is 6.26. The van der Waals surface area contributed by atoms with E-state index in [0.717, 1.165) is 30.8 Å². The normalized spacial score (nSPS) is 15.4. The fourth-order valence-electron chi connectivity index (χ4n) is 2.40. The number of hydrogen-bond acceptors (Lipinski definition) is 5. The summed E-state index contributed by atoms with van der Waals surface area (Å²) in [6.45, 7) is 4.58. The third kappa shape index (κ3) is 2.41. The Kier molecular flexibility index (Phi) is 3.12. The van der Waals surface area contributed by atoms with Gasteiger partial charge in [-0.2, -0.15) is 0 Å². The molecular formula is C13H16N4OS. The molecule has 1 aliphatic heterocycles. The second kappa shape index (κ2) is 4.79. The minimum atomic E-state index is -0.102. The average molecular weight is 276 g/mol. The Hall–Kier alpha value is -1.66. The van der Waals surface area contributed by atoms with Crippen LogP contribution in [0.2, 0.25) is 0 Å². The Balaban J connectivity index is 1.83. The van der Waals surface area contributed by atoms with Crippen LogP contribution in [0.15, 0.2) is 16.2 Å². The first-order valence-corrected chi connectivity index (χ1v) is 7.14. The van der Waals surface area contributed by atoms with Crippen LogP contribution >= 0.6 is 11.3 Å². The molecule has 0 bridgehead atoms. The highest BCUT2D eigenvalue weighted by atomic mass is 32.1. The van der Waals surface area contributed by atoms with Gasteiger partial charge in [-0.25, -0.2) is 4.98 Å². The fourth-order valence-corrected chi connectivity index (χ4v) is 3.35. The number of aromatic amines is 1. The Bertz CT molecular complexity index is 661. The highest BCUT2D eigenvalue weighted by molar-refractivity contribution is 7.10. The minimum absolute atomic E-state index is 0.102. The zero-order valence-corrected chi connectivity index (χ0v) is 11.6. The lowest BCUT2D eigenvalue weighted by Gasteiger charge is -2.27. The van der Waals surface area contributed by atoms with Crippen LogP contribution in [0.4, 0.5) is 5.95 Å². The number of aryl methyl sites for hydroxylation is 1. The predicted octanol–water partition coefficient (Wildman–Crippen LogP) is 1.28. The number of H-pyrrole nitrogens is 1. The van der Waals surface area contributed by atoms with Gasteiger partial charge in [0, 0.05) is 30.9 Å². The summed E-state index contributed by atoms with van der Waals surface area (Å²) in [6.07, 6.45) is 0.786. The number of nitrogen functional groups attached to an aromatic ring is 1. The number of aromatic nitrogens is 2. The molecule has 3 heterocycles. The summed E-state index contributed by atoms with van der Waals surface area (Å²) in [5.41, 5.74) is 8.39. The van der Waals surface area contributed by atoms with Crippen LogP contribution in [0.25, 0.3) is 0 Å². The number of anilines is 1. The second-order valence-electron chi connectivity index (χ2n) is 4.86. The number of thiophene rings is 1. The number of fused-ring (bicyclic) bond motifs is 1. The van der Waals surface area contributed by atoms with Crippen LogP contribution in [0.5, 0.6) is 0 Å². The molecule has 1 aliphatic rings. The van der Waals surface area contributed by atoms with Crippen LogP contribution in [0, 0.1) is 6.92 Å². The van der Waals surface area contributed by atoms with Crippen molar-refractivity contribution in [2.45, 2.75) is 26.4 Å². The van der Waals surface area contributed by atoms with Crippen molar-refractivity contribution in [1.29, 1.82) is 0 Å². The van der Waals surface area contributed by atoms with Crippen molar-refractivity contribution in [2.24, 2.45) is 0 Å². The van der Waals surface area contributed by atoms with Gasteiger partial charge in [-0.1, -0.05) is 0 Å². The van der Waals surface area contributed by atoms with E-state index >= 15 is 0 Å². The molecule has 0 aliphatic carbocycles. The Morgan fingerprint density at radius 2 is 2.42 bits per heavy atom. The van der Waals surface area contributed by atoms with Crippen molar-refractivity contribution in [2.75, 3.05) is 12.3 Å². The Morgan fingerprint density at radius 1 is 1.58 bits per heavy atom. The zero-order chi connectivity index (χ0) is 13.4. The lowest BCUT2D eigenvalue weighted by atomic mass is 10.1. The third-order valence-electron chi connectivity index (χ3n) is 3.50. The molecule has 2 aromatic rings. The smallest absolute Gasteiger partial charge is 0.257 e. The van der Waals surface area contributed by atoms with Crippen LogP contribution in [-0.4, -0.2) is 21.4 Å². The molecule has 5 nitrogen and oxygen atoms in total. The summed E-state index contributed by atoms with van der Waals surface area (Å²) in [4.78, 5) is 22.3. The van der Waals surface area contributed by atoms with E-state index in [1.165, 1.54) is 10.4 Å². The molecule has 0 aromatic carbocycles. The summed E-state index contributed by atoms with van der Waals surface area (Å²) in [7, 11) is 0. The molecule has 0 atom stereocenters. The van der Waals surface area contributed by atoms with Gasteiger partial charge in [0.2, 0.25) is 5.95 Å². The standard InChI is InChI=1S/C13H16N4OS/c1-8-3-5-19-11(8)7-17-4-2-10-9(6-17)12(18)16-13(14)15-10/h3,5H,2,4,6-7H2,1H3,(H3,14,15,16,18). The number of nitrogens with one attached hydrogen (secondary N) is 1. The van der Waals surface area contributed by atoms with Crippen molar-refractivity contribution in [3.05, 3.63) is 43.5 Å². The quantitative estimate of drug-likeness (QED) is 0.866. The number of nitrogens with two attached hydrogens (primary N) is 1. The Labute approximate surface area is 115 Å². The maximum atomic E-state index is 11.9. The molecule has 0 fully saturated rings. The lowest BCUT2D eigenvalue weighted by Crippen LogP contribution is -2.35. The SMILES string of the molecule is Cc1ccsc1CN1CCc2nc(N)[nH]c(=O)c2C1. The van der Waals surface area contributed by atoms with E-state index in [2.05, 4.69) is 33.2 Å². The van der Waals surface area contributed by atoms with Gasteiger partial charge in [-0.15, -0.1) is 11.3 Å². The highest BCUT2D eigenvalue weighted by Gasteiger charge is 2.21. The van der Waals surface area contributed by atoms with Crippen molar-refractivity contribution < 1.29 is 0 Å². The molecule has 0 saturated heterocycles. The van der Waals surface area contributed by atoms with Crippen LogP contribution in [0.3, 0.4) is 0 Å². The van der Waals surface area contributed by atoms with E-state index in [1.54, 1.807) is 11.3 Å². The average Bonchev–Trinajstić information content (AvgIpc) is 2.76. The van der Waals surface area contributed by atoms with E-state index in [0.29, 0.717) is 6.54 Å². The molecule has 100 valence electrons. The highest BCUT2D eigenvalue weighted by Crippen LogP contribution is 2.21. The molecule has 19 heavy (non-hydrogen) atoms. The van der Waals surface area contributed by atoms with E-state index in [1.807, 2.05) is 0 Å². The van der Waals surface area contributed by atoms with Crippen LogP contribution in [0.1, 0.15) is 21.7 Å². The monoisotopic (exact) mass is 276 g/mol. The van der Waals surface area contributed by atoms with Crippen molar-refractivity contribution in [1.82, 2.24) is 14.9 Å². The van der Waals surface area contributed by atoms with Gasteiger partial charge in [-0.3, -0.25) is 14.7 Å². The predicted molar refractivity (Wildman–Crippen MR) is 76.1 cm³/mol. The van der Waals surface area contributed by atoms with Crippen molar-refractivity contribution in [3.8, 4) is 0 Å². The summed E-state index contributed by atoms with van der Waals surface area (Å²) in [5, 5.41) is 2.11. The minimum Gasteiger partial charge on any atom is -0.369 e. The van der Waals surface area contributed by atoms with Gasteiger partial charge >= 0.3 is 0 Å². The molecule has 3 rings (SSSR count). The maximum Gasteiger partial charge on any atom is 0.257 e. The molecule has 0 saturated carbocycles. The molecule has 0 radical (unpaired) electrons. The number of hydrogen-bond donors (Lipinski definition) is 2. The van der Waals surface area contributed by atoms with Crippen LogP contribution in [-0.2, 0) is 19.5 Å².